The smallest absolute Gasteiger partial charge is 0.161 e. The molecule has 2 heterocycles. The minimum absolute atomic E-state index is 0.589. The highest BCUT2D eigenvalue weighted by molar-refractivity contribution is 5.66. The number of nitrogens with zero attached hydrogens (tertiary/aromatic N) is 2. The van der Waals surface area contributed by atoms with Crippen LogP contribution in [0.2, 0.25) is 0 Å². The quantitative estimate of drug-likeness (QED) is 0.683. The summed E-state index contributed by atoms with van der Waals surface area (Å²) < 4.78 is 19.0. The van der Waals surface area contributed by atoms with Crippen LogP contribution in [0.25, 0.3) is 11.3 Å². The predicted octanol–water partition coefficient (Wildman–Crippen LogP) is 3.40. The molecule has 0 fully saturated rings. The molecule has 0 unspecified atom stereocenters. The van der Waals surface area contributed by atoms with Gasteiger partial charge in [0.25, 0.3) is 0 Å². The molecule has 6 heteroatoms. The van der Waals surface area contributed by atoms with E-state index in [0.29, 0.717) is 19.1 Å². The molecule has 3 rings (SSSR count). The van der Waals surface area contributed by atoms with Crippen molar-refractivity contribution < 1.29 is 14.2 Å². The molecular formula is C21H31N3O3. The minimum Gasteiger partial charge on any atom is -0.490 e. The molecule has 27 heavy (non-hydrogen) atoms. The monoisotopic (exact) mass is 373 g/mol. The summed E-state index contributed by atoms with van der Waals surface area (Å²) in [7, 11) is 1.95. The Morgan fingerprint density at radius 1 is 1.22 bits per heavy atom. The SMILES string of the molecule is CC(C)COCCCNCc1cn(C)nc1-c1ccc2c(c1)OCCCO2. The summed E-state index contributed by atoms with van der Waals surface area (Å²) in [6.07, 6.45) is 3.98. The molecule has 0 aliphatic carbocycles. The van der Waals surface area contributed by atoms with Crippen molar-refractivity contribution in [2.75, 3.05) is 33.0 Å². The van der Waals surface area contributed by atoms with E-state index in [-0.39, 0.29) is 0 Å². The number of aromatic nitrogens is 2. The van der Waals surface area contributed by atoms with Gasteiger partial charge in [-0.15, -0.1) is 0 Å². The van der Waals surface area contributed by atoms with Crippen molar-refractivity contribution in [2.24, 2.45) is 13.0 Å². The fraction of sp³-hybridized carbons (Fsp3) is 0.571. The van der Waals surface area contributed by atoms with Crippen molar-refractivity contribution in [3.8, 4) is 22.8 Å². The molecule has 1 aliphatic rings. The van der Waals surface area contributed by atoms with Gasteiger partial charge in [0.1, 0.15) is 0 Å². The summed E-state index contributed by atoms with van der Waals surface area (Å²) in [6.45, 7) is 9.06. The van der Waals surface area contributed by atoms with Crippen LogP contribution in [0.4, 0.5) is 0 Å². The number of ether oxygens (including phenoxy) is 3. The van der Waals surface area contributed by atoms with Gasteiger partial charge in [-0.3, -0.25) is 4.68 Å². The Balaban J connectivity index is 1.58. The van der Waals surface area contributed by atoms with Gasteiger partial charge < -0.3 is 19.5 Å². The van der Waals surface area contributed by atoms with Gasteiger partial charge in [-0.05, 0) is 37.1 Å². The Kier molecular flexibility index (Phi) is 7.12. The van der Waals surface area contributed by atoms with Crippen LogP contribution in [-0.2, 0) is 18.3 Å². The Morgan fingerprint density at radius 3 is 2.85 bits per heavy atom. The topological polar surface area (TPSA) is 57.5 Å². The first kappa shape index (κ1) is 19.7. The molecule has 1 aromatic heterocycles. The number of hydrogen-bond acceptors (Lipinski definition) is 5. The summed E-state index contributed by atoms with van der Waals surface area (Å²) in [5.74, 6) is 2.20. The lowest BCUT2D eigenvalue weighted by molar-refractivity contribution is 0.108. The first-order valence-corrected chi connectivity index (χ1v) is 9.84. The molecular weight excluding hydrogens is 342 g/mol. The van der Waals surface area contributed by atoms with Crippen molar-refractivity contribution in [3.05, 3.63) is 30.0 Å². The zero-order valence-corrected chi connectivity index (χ0v) is 16.7. The fourth-order valence-electron chi connectivity index (χ4n) is 3.06. The Labute approximate surface area is 161 Å². The average molecular weight is 373 g/mol. The van der Waals surface area contributed by atoms with Crippen LogP contribution in [0.1, 0.15) is 32.3 Å². The van der Waals surface area contributed by atoms with E-state index in [4.69, 9.17) is 14.2 Å². The first-order valence-electron chi connectivity index (χ1n) is 9.84. The molecule has 2 aromatic rings. The number of hydrogen-bond donors (Lipinski definition) is 1. The summed E-state index contributed by atoms with van der Waals surface area (Å²) in [4.78, 5) is 0. The maximum absolute atomic E-state index is 5.82. The lowest BCUT2D eigenvalue weighted by Gasteiger charge is -2.10. The third-order valence-electron chi connectivity index (χ3n) is 4.33. The highest BCUT2D eigenvalue weighted by Crippen LogP contribution is 2.34. The number of fused-ring (bicyclic) bond motifs is 1. The maximum Gasteiger partial charge on any atom is 0.161 e. The predicted molar refractivity (Wildman–Crippen MR) is 106 cm³/mol. The van der Waals surface area contributed by atoms with E-state index >= 15 is 0 Å². The lowest BCUT2D eigenvalue weighted by Crippen LogP contribution is -2.17. The number of aryl methyl sites for hydroxylation is 1. The van der Waals surface area contributed by atoms with Gasteiger partial charge in [0.15, 0.2) is 11.5 Å². The molecule has 0 spiro atoms. The first-order chi connectivity index (χ1) is 13.1. The van der Waals surface area contributed by atoms with E-state index < -0.39 is 0 Å². The van der Waals surface area contributed by atoms with Crippen molar-refractivity contribution >= 4 is 0 Å². The van der Waals surface area contributed by atoms with Crippen LogP contribution in [0.15, 0.2) is 24.4 Å². The van der Waals surface area contributed by atoms with Gasteiger partial charge >= 0.3 is 0 Å². The Hall–Kier alpha value is -2.05. The van der Waals surface area contributed by atoms with Gasteiger partial charge in [-0.1, -0.05) is 13.8 Å². The number of nitrogens with one attached hydrogen (secondary N) is 1. The second-order valence-corrected chi connectivity index (χ2v) is 7.39. The lowest BCUT2D eigenvalue weighted by atomic mass is 10.1. The highest BCUT2D eigenvalue weighted by atomic mass is 16.5. The van der Waals surface area contributed by atoms with Crippen molar-refractivity contribution in [2.45, 2.75) is 33.2 Å². The number of rotatable bonds is 9. The second kappa shape index (κ2) is 9.76. The molecule has 0 radical (unpaired) electrons. The Morgan fingerprint density at radius 2 is 2.04 bits per heavy atom. The van der Waals surface area contributed by atoms with Gasteiger partial charge in [0, 0.05) is 50.6 Å². The van der Waals surface area contributed by atoms with E-state index in [9.17, 15) is 0 Å². The summed E-state index contributed by atoms with van der Waals surface area (Å²) >= 11 is 0. The van der Waals surface area contributed by atoms with Gasteiger partial charge in [-0.2, -0.15) is 5.10 Å². The van der Waals surface area contributed by atoms with E-state index in [1.54, 1.807) is 0 Å². The maximum atomic E-state index is 5.82. The van der Waals surface area contributed by atoms with Crippen LogP contribution in [0, 0.1) is 5.92 Å². The van der Waals surface area contributed by atoms with E-state index in [2.05, 4.69) is 36.5 Å². The van der Waals surface area contributed by atoms with Crippen LogP contribution < -0.4 is 14.8 Å². The van der Waals surface area contributed by atoms with E-state index in [0.717, 1.165) is 61.9 Å². The minimum atomic E-state index is 0.589. The van der Waals surface area contributed by atoms with Crippen LogP contribution in [0.5, 0.6) is 11.5 Å². The zero-order chi connectivity index (χ0) is 19.1. The average Bonchev–Trinajstić information content (AvgIpc) is 2.86. The third kappa shape index (κ3) is 5.71. The molecule has 6 nitrogen and oxygen atoms in total. The number of benzene rings is 1. The second-order valence-electron chi connectivity index (χ2n) is 7.39. The molecule has 1 aromatic carbocycles. The largest absolute Gasteiger partial charge is 0.490 e. The van der Waals surface area contributed by atoms with E-state index in [1.165, 1.54) is 5.56 Å². The van der Waals surface area contributed by atoms with Gasteiger partial charge in [0.05, 0.1) is 18.9 Å². The summed E-state index contributed by atoms with van der Waals surface area (Å²) in [5.41, 5.74) is 3.21. The van der Waals surface area contributed by atoms with Crippen LogP contribution in [0.3, 0.4) is 0 Å². The molecule has 1 aliphatic heterocycles. The van der Waals surface area contributed by atoms with Crippen molar-refractivity contribution in [3.63, 3.8) is 0 Å². The van der Waals surface area contributed by atoms with Gasteiger partial charge in [-0.25, -0.2) is 0 Å². The standard InChI is InChI=1S/C21H31N3O3/c1-16(2)15-25-9-4-8-22-13-18-14-24(3)23-21(18)17-6-7-19-20(12-17)27-11-5-10-26-19/h6-7,12,14,16,22H,4-5,8-11,13,15H2,1-3H3. The Bertz CT molecular complexity index is 727. The molecule has 0 bridgehead atoms. The van der Waals surface area contributed by atoms with Crippen LogP contribution in [-0.4, -0.2) is 42.8 Å². The molecule has 1 N–H and O–H groups in total. The normalized spacial score (nSPS) is 13.8. The third-order valence-corrected chi connectivity index (χ3v) is 4.33. The molecule has 0 amide bonds. The highest BCUT2D eigenvalue weighted by Gasteiger charge is 2.15. The molecule has 148 valence electrons. The van der Waals surface area contributed by atoms with Crippen LogP contribution >= 0.6 is 0 Å². The summed E-state index contributed by atoms with van der Waals surface area (Å²) in [5, 5.41) is 8.15. The van der Waals surface area contributed by atoms with Gasteiger partial charge in [0.2, 0.25) is 0 Å². The molecule has 0 atom stereocenters. The zero-order valence-electron chi connectivity index (χ0n) is 16.7. The van der Waals surface area contributed by atoms with E-state index in [1.807, 2.05) is 23.9 Å². The molecule has 0 saturated heterocycles. The van der Waals surface area contributed by atoms with Crippen molar-refractivity contribution in [1.82, 2.24) is 15.1 Å². The molecule has 0 saturated carbocycles. The van der Waals surface area contributed by atoms with Crippen molar-refractivity contribution in [1.29, 1.82) is 0 Å². The fourth-order valence-corrected chi connectivity index (χ4v) is 3.06. The summed E-state index contributed by atoms with van der Waals surface area (Å²) in [6, 6.07) is 6.07.